The molecule has 0 saturated carbocycles. The molecule has 1 atom stereocenters. The standard InChI is InChI=1S/C15H15N3O2S/c16-14(12-7-4-10-21-12)15-17-13(18-20-15)8-9-19-11-5-2-1-3-6-11/h1-7,10,14H,8-9,16H2. The first-order valence-electron chi connectivity index (χ1n) is 6.62. The minimum atomic E-state index is -0.360. The van der Waals surface area contributed by atoms with Crippen LogP contribution in [0, 0.1) is 0 Å². The monoisotopic (exact) mass is 301 g/mol. The van der Waals surface area contributed by atoms with Crippen molar-refractivity contribution >= 4 is 11.3 Å². The summed E-state index contributed by atoms with van der Waals surface area (Å²) in [6, 6.07) is 13.2. The molecule has 3 aromatic rings. The highest BCUT2D eigenvalue weighted by molar-refractivity contribution is 7.10. The van der Waals surface area contributed by atoms with Crippen LogP contribution in [0.4, 0.5) is 0 Å². The third-order valence-corrected chi connectivity index (χ3v) is 3.89. The summed E-state index contributed by atoms with van der Waals surface area (Å²) in [7, 11) is 0. The SMILES string of the molecule is NC(c1nc(CCOc2ccccc2)no1)c1cccs1. The number of benzene rings is 1. The van der Waals surface area contributed by atoms with Crippen LogP contribution in [0.1, 0.15) is 22.6 Å². The van der Waals surface area contributed by atoms with Crippen LogP contribution >= 0.6 is 11.3 Å². The van der Waals surface area contributed by atoms with E-state index in [1.165, 1.54) is 0 Å². The fourth-order valence-electron chi connectivity index (χ4n) is 1.86. The van der Waals surface area contributed by atoms with E-state index in [1.807, 2.05) is 47.8 Å². The average molecular weight is 301 g/mol. The Labute approximate surface area is 126 Å². The minimum Gasteiger partial charge on any atom is -0.493 e. The van der Waals surface area contributed by atoms with Crippen molar-refractivity contribution in [2.75, 3.05) is 6.61 Å². The number of hydrogen-bond donors (Lipinski definition) is 1. The summed E-state index contributed by atoms with van der Waals surface area (Å²) < 4.78 is 10.8. The molecule has 0 aliphatic carbocycles. The van der Waals surface area contributed by atoms with Crippen LogP contribution in [-0.4, -0.2) is 16.7 Å². The largest absolute Gasteiger partial charge is 0.493 e. The van der Waals surface area contributed by atoms with Gasteiger partial charge in [-0.05, 0) is 23.6 Å². The lowest BCUT2D eigenvalue weighted by atomic mass is 10.2. The normalized spacial score (nSPS) is 12.2. The molecule has 3 rings (SSSR count). The van der Waals surface area contributed by atoms with Crippen LogP contribution in [0.25, 0.3) is 0 Å². The molecule has 0 aliphatic rings. The van der Waals surface area contributed by atoms with Crippen molar-refractivity contribution in [1.29, 1.82) is 0 Å². The van der Waals surface area contributed by atoms with Crippen molar-refractivity contribution in [3.63, 3.8) is 0 Å². The molecule has 21 heavy (non-hydrogen) atoms. The van der Waals surface area contributed by atoms with Gasteiger partial charge in [0, 0.05) is 11.3 Å². The number of hydrogen-bond acceptors (Lipinski definition) is 6. The molecule has 0 fully saturated rings. The van der Waals surface area contributed by atoms with E-state index >= 15 is 0 Å². The summed E-state index contributed by atoms with van der Waals surface area (Å²) in [6.45, 7) is 0.497. The highest BCUT2D eigenvalue weighted by Crippen LogP contribution is 2.22. The zero-order valence-electron chi connectivity index (χ0n) is 11.3. The van der Waals surface area contributed by atoms with E-state index in [9.17, 15) is 0 Å². The van der Waals surface area contributed by atoms with Gasteiger partial charge in [0.05, 0.1) is 6.61 Å². The molecule has 1 unspecified atom stereocenters. The zero-order chi connectivity index (χ0) is 14.5. The minimum absolute atomic E-state index is 0.360. The number of ether oxygens (including phenoxy) is 1. The van der Waals surface area contributed by atoms with Crippen LogP contribution in [0.15, 0.2) is 52.4 Å². The Bertz CT molecular complexity index is 667. The van der Waals surface area contributed by atoms with Crippen molar-refractivity contribution < 1.29 is 9.26 Å². The maximum Gasteiger partial charge on any atom is 0.248 e. The lowest BCUT2D eigenvalue weighted by Crippen LogP contribution is -2.11. The van der Waals surface area contributed by atoms with E-state index in [4.69, 9.17) is 15.0 Å². The van der Waals surface area contributed by atoms with E-state index < -0.39 is 0 Å². The summed E-state index contributed by atoms with van der Waals surface area (Å²) in [5.41, 5.74) is 6.08. The average Bonchev–Trinajstić information content (AvgIpc) is 3.19. The highest BCUT2D eigenvalue weighted by Gasteiger charge is 2.17. The molecule has 6 heteroatoms. The molecule has 0 radical (unpaired) electrons. The van der Waals surface area contributed by atoms with Gasteiger partial charge in [-0.25, -0.2) is 0 Å². The lowest BCUT2D eigenvalue weighted by molar-refractivity contribution is 0.313. The molecular weight excluding hydrogens is 286 g/mol. The van der Waals surface area contributed by atoms with Crippen LogP contribution < -0.4 is 10.5 Å². The third-order valence-electron chi connectivity index (χ3n) is 2.94. The second-order valence-corrected chi connectivity index (χ2v) is 5.43. The summed E-state index contributed by atoms with van der Waals surface area (Å²) in [5.74, 6) is 1.87. The number of thiophene rings is 1. The van der Waals surface area contributed by atoms with Crippen LogP contribution in [0.3, 0.4) is 0 Å². The predicted octanol–water partition coefficient (Wildman–Crippen LogP) is 2.80. The number of para-hydroxylation sites is 1. The van der Waals surface area contributed by atoms with Crippen molar-refractivity contribution in [2.45, 2.75) is 12.5 Å². The Hall–Kier alpha value is -2.18. The molecule has 0 aliphatic heterocycles. The first-order valence-corrected chi connectivity index (χ1v) is 7.50. The molecular formula is C15H15N3O2S. The highest BCUT2D eigenvalue weighted by atomic mass is 32.1. The van der Waals surface area contributed by atoms with Gasteiger partial charge in [-0.2, -0.15) is 4.98 Å². The van der Waals surface area contributed by atoms with Crippen LogP contribution in [0.5, 0.6) is 5.75 Å². The van der Waals surface area contributed by atoms with E-state index in [-0.39, 0.29) is 6.04 Å². The third kappa shape index (κ3) is 3.48. The summed E-state index contributed by atoms with van der Waals surface area (Å²) in [4.78, 5) is 5.33. The van der Waals surface area contributed by atoms with Gasteiger partial charge in [-0.1, -0.05) is 29.4 Å². The van der Waals surface area contributed by atoms with E-state index in [0.717, 1.165) is 10.6 Å². The topological polar surface area (TPSA) is 74.2 Å². The van der Waals surface area contributed by atoms with Gasteiger partial charge in [0.25, 0.3) is 0 Å². The maximum atomic E-state index is 6.08. The van der Waals surface area contributed by atoms with E-state index in [1.54, 1.807) is 11.3 Å². The fraction of sp³-hybridized carbons (Fsp3) is 0.200. The number of rotatable bonds is 6. The summed E-state index contributed by atoms with van der Waals surface area (Å²) in [6.07, 6.45) is 0.579. The van der Waals surface area contributed by atoms with Gasteiger partial charge in [-0.3, -0.25) is 0 Å². The Morgan fingerprint density at radius 3 is 2.81 bits per heavy atom. The first-order chi connectivity index (χ1) is 10.3. The molecule has 5 nitrogen and oxygen atoms in total. The molecule has 2 aromatic heterocycles. The Morgan fingerprint density at radius 1 is 1.19 bits per heavy atom. The Kier molecular flexibility index (Phi) is 4.28. The Balaban J connectivity index is 1.56. The smallest absolute Gasteiger partial charge is 0.248 e. The molecule has 0 spiro atoms. The van der Waals surface area contributed by atoms with Crippen LogP contribution in [0.2, 0.25) is 0 Å². The maximum absolute atomic E-state index is 6.08. The quantitative estimate of drug-likeness (QED) is 0.758. The number of aromatic nitrogens is 2. The second kappa shape index (κ2) is 6.51. The van der Waals surface area contributed by atoms with Crippen molar-refractivity contribution in [2.24, 2.45) is 5.73 Å². The second-order valence-electron chi connectivity index (χ2n) is 4.45. The van der Waals surface area contributed by atoms with Gasteiger partial charge in [-0.15, -0.1) is 11.3 Å². The Morgan fingerprint density at radius 2 is 2.05 bits per heavy atom. The number of nitrogens with zero attached hydrogens (tertiary/aromatic N) is 2. The predicted molar refractivity (Wildman–Crippen MR) is 80.3 cm³/mol. The molecule has 108 valence electrons. The van der Waals surface area contributed by atoms with Gasteiger partial charge in [0.15, 0.2) is 5.82 Å². The zero-order valence-corrected chi connectivity index (χ0v) is 12.1. The van der Waals surface area contributed by atoms with Crippen LogP contribution in [-0.2, 0) is 6.42 Å². The van der Waals surface area contributed by atoms with Gasteiger partial charge < -0.3 is 15.0 Å². The molecule has 0 saturated heterocycles. The molecule has 2 heterocycles. The van der Waals surface area contributed by atoms with E-state index in [2.05, 4.69) is 10.1 Å². The van der Waals surface area contributed by atoms with Gasteiger partial charge in [0.1, 0.15) is 11.8 Å². The first kappa shape index (κ1) is 13.8. The van der Waals surface area contributed by atoms with E-state index in [0.29, 0.717) is 24.7 Å². The summed E-state index contributed by atoms with van der Waals surface area (Å²) in [5, 5.41) is 5.91. The molecule has 0 amide bonds. The van der Waals surface area contributed by atoms with Crippen molar-refractivity contribution in [1.82, 2.24) is 10.1 Å². The van der Waals surface area contributed by atoms with Crippen molar-refractivity contribution in [3.8, 4) is 5.75 Å². The lowest BCUT2D eigenvalue weighted by Gasteiger charge is -2.03. The number of nitrogens with two attached hydrogens (primary N) is 1. The molecule has 1 aromatic carbocycles. The van der Waals surface area contributed by atoms with Crippen molar-refractivity contribution in [3.05, 3.63) is 64.4 Å². The summed E-state index contributed by atoms with van der Waals surface area (Å²) >= 11 is 1.57. The fourth-order valence-corrected chi connectivity index (χ4v) is 2.58. The van der Waals surface area contributed by atoms with Gasteiger partial charge >= 0.3 is 0 Å². The molecule has 0 bridgehead atoms. The molecule has 2 N–H and O–H groups in total. The van der Waals surface area contributed by atoms with Gasteiger partial charge in [0.2, 0.25) is 5.89 Å².